The summed E-state index contributed by atoms with van der Waals surface area (Å²) in [6.45, 7) is 12.8. The highest BCUT2D eigenvalue weighted by Gasteiger charge is 2.39. The van der Waals surface area contributed by atoms with Crippen LogP contribution in [0.1, 0.15) is 43.0 Å². The van der Waals surface area contributed by atoms with Gasteiger partial charge in [-0.3, -0.25) is 4.90 Å². The second-order valence-corrected chi connectivity index (χ2v) is 6.38. The van der Waals surface area contributed by atoms with Crippen LogP contribution in [-0.2, 0) is 4.74 Å². The van der Waals surface area contributed by atoms with Gasteiger partial charge < -0.3 is 10.1 Å². The molecule has 1 aliphatic heterocycles. The summed E-state index contributed by atoms with van der Waals surface area (Å²) in [5.74, 6) is 0. The van der Waals surface area contributed by atoms with Crippen LogP contribution < -0.4 is 5.32 Å². The molecule has 3 heteroatoms. The number of rotatable bonds is 5. The van der Waals surface area contributed by atoms with Gasteiger partial charge in [0.1, 0.15) is 0 Å². The lowest BCUT2D eigenvalue weighted by molar-refractivity contribution is -0.0319. The summed E-state index contributed by atoms with van der Waals surface area (Å²) >= 11 is 0. The van der Waals surface area contributed by atoms with Crippen molar-refractivity contribution in [2.24, 2.45) is 0 Å². The number of hydrogen-bond acceptors (Lipinski definition) is 3. The molecule has 0 radical (unpaired) electrons. The molecule has 1 fully saturated rings. The summed E-state index contributed by atoms with van der Waals surface area (Å²) in [6, 6.07) is 7.19. The molecule has 3 nitrogen and oxygen atoms in total. The number of nitrogens with one attached hydrogen (secondary N) is 1. The van der Waals surface area contributed by atoms with Crippen LogP contribution in [-0.4, -0.2) is 43.8 Å². The Hall–Kier alpha value is -0.900. The predicted molar refractivity (Wildman–Crippen MR) is 88.8 cm³/mol. The Morgan fingerprint density at radius 2 is 1.90 bits per heavy atom. The molecule has 0 amide bonds. The largest absolute Gasteiger partial charge is 0.379 e. The first-order chi connectivity index (χ1) is 10.0. The van der Waals surface area contributed by atoms with Crippen molar-refractivity contribution >= 4 is 0 Å². The highest BCUT2D eigenvalue weighted by molar-refractivity contribution is 5.33. The van der Waals surface area contributed by atoms with Gasteiger partial charge in [-0.25, -0.2) is 0 Å². The number of morpholine rings is 1. The molecule has 1 aliphatic rings. The van der Waals surface area contributed by atoms with E-state index < -0.39 is 0 Å². The number of hydrogen-bond donors (Lipinski definition) is 1. The van der Waals surface area contributed by atoms with Crippen LogP contribution in [0.3, 0.4) is 0 Å². The van der Waals surface area contributed by atoms with Gasteiger partial charge in [-0.2, -0.15) is 0 Å². The number of benzene rings is 1. The van der Waals surface area contributed by atoms with E-state index in [-0.39, 0.29) is 5.54 Å². The van der Waals surface area contributed by atoms with Gasteiger partial charge in [-0.15, -0.1) is 0 Å². The molecule has 1 aromatic rings. The minimum atomic E-state index is 0.111. The summed E-state index contributed by atoms with van der Waals surface area (Å²) < 4.78 is 5.53. The monoisotopic (exact) mass is 290 g/mol. The van der Waals surface area contributed by atoms with Crippen molar-refractivity contribution in [2.75, 3.05) is 33.4 Å². The molecule has 0 spiro atoms. The van der Waals surface area contributed by atoms with E-state index in [1.807, 2.05) is 0 Å². The van der Waals surface area contributed by atoms with Crippen LogP contribution in [0.2, 0.25) is 0 Å². The molecule has 0 aliphatic carbocycles. The Labute approximate surface area is 129 Å². The van der Waals surface area contributed by atoms with Gasteiger partial charge in [0.2, 0.25) is 0 Å². The number of nitrogens with zero attached hydrogens (tertiary/aromatic N) is 1. The standard InChI is InChI=1S/C18H30N2O/c1-6-18(4,20-9-11-21-12-10-20)17(19-5)16-8-7-14(2)15(3)13-16/h7-8,13,17,19H,6,9-12H2,1-5H3. The third-order valence-electron chi connectivity index (χ3n) is 5.22. The summed E-state index contributed by atoms with van der Waals surface area (Å²) in [5, 5.41) is 3.57. The van der Waals surface area contributed by atoms with Gasteiger partial charge in [-0.1, -0.05) is 25.1 Å². The van der Waals surface area contributed by atoms with Crippen LogP contribution in [0.4, 0.5) is 0 Å². The van der Waals surface area contributed by atoms with Crippen LogP contribution in [0, 0.1) is 13.8 Å². The fourth-order valence-corrected chi connectivity index (χ4v) is 3.47. The second-order valence-electron chi connectivity index (χ2n) is 6.38. The van der Waals surface area contributed by atoms with Crippen LogP contribution in [0.15, 0.2) is 18.2 Å². The van der Waals surface area contributed by atoms with Gasteiger partial charge in [0.15, 0.2) is 0 Å². The van der Waals surface area contributed by atoms with E-state index in [4.69, 9.17) is 4.74 Å². The lowest BCUT2D eigenvalue weighted by atomic mass is 9.82. The first-order valence-corrected chi connectivity index (χ1v) is 8.10. The van der Waals surface area contributed by atoms with Crippen molar-refractivity contribution in [1.82, 2.24) is 10.2 Å². The number of likely N-dealkylation sites (N-methyl/N-ethyl adjacent to an activating group) is 1. The fourth-order valence-electron chi connectivity index (χ4n) is 3.47. The maximum Gasteiger partial charge on any atom is 0.0594 e. The van der Waals surface area contributed by atoms with Gasteiger partial charge >= 0.3 is 0 Å². The molecule has 1 aromatic carbocycles. The van der Waals surface area contributed by atoms with E-state index in [9.17, 15) is 0 Å². The summed E-state index contributed by atoms with van der Waals surface area (Å²) in [6.07, 6.45) is 1.12. The first-order valence-electron chi connectivity index (χ1n) is 8.10. The van der Waals surface area contributed by atoms with Crippen molar-refractivity contribution in [1.29, 1.82) is 0 Å². The normalized spacial score (nSPS) is 21.0. The zero-order chi connectivity index (χ0) is 15.5. The molecular formula is C18H30N2O. The molecule has 0 saturated carbocycles. The topological polar surface area (TPSA) is 24.5 Å². The smallest absolute Gasteiger partial charge is 0.0594 e. The predicted octanol–water partition coefficient (Wildman–Crippen LogP) is 3.06. The van der Waals surface area contributed by atoms with Crippen molar-refractivity contribution in [2.45, 2.75) is 45.7 Å². The zero-order valence-corrected chi connectivity index (χ0v) is 14.2. The van der Waals surface area contributed by atoms with Gasteiger partial charge in [0.05, 0.1) is 19.3 Å². The molecule has 2 atom stereocenters. The minimum Gasteiger partial charge on any atom is -0.379 e. The quantitative estimate of drug-likeness (QED) is 0.902. The van der Waals surface area contributed by atoms with E-state index in [1.165, 1.54) is 16.7 Å². The summed E-state index contributed by atoms with van der Waals surface area (Å²) in [4.78, 5) is 2.59. The molecular weight excluding hydrogens is 260 g/mol. The third kappa shape index (κ3) is 3.31. The first kappa shape index (κ1) is 16.5. The highest BCUT2D eigenvalue weighted by atomic mass is 16.5. The molecule has 1 N–H and O–H groups in total. The SMILES string of the molecule is CCC(C)(C(NC)c1ccc(C)c(C)c1)N1CCOCC1. The zero-order valence-electron chi connectivity index (χ0n) is 14.2. The van der Waals surface area contributed by atoms with Crippen LogP contribution in [0.5, 0.6) is 0 Å². The Balaban J connectivity index is 2.33. The Kier molecular flexibility index (Phi) is 5.42. The lowest BCUT2D eigenvalue weighted by Gasteiger charge is -2.48. The molecule has 0 bridgehead atoms. The number of aryl methyl sites for hydroxylation is 2. The van der Waals surface area contributed by atoms with E-state index in [0.29, 0.717) is 6.04 Å². The Morgan fingerprint density at radius 1 is 1.24 bits per heavy atom. The van der Waals surface area contributed by atoms with Crippen molar-refractivity contribution in [3.05, 3.63) is 34.9 Å². The Morgan fingerprint density at radius 3 is 2.43 bits per heavy atom. The summed E-state index contributed by atoms with van der Waals surface area (Å²) in [7, 11) is 2.08. The van der Waals surface area contributed by atoms with E-state index in [1.54, 1.807) is 0 Å². The lowest BCUT2D eigenvalue weighted by Crippen LogP contribution is -2.57. The Bertz CT molecular complexity index is 468. The highest BCUT2D eigenvalue weighted by Crippen LogP contribution is 2.35. The molecule has 2 unspecified atom stereocenters. The van der Waals surface area contributed by atoms with E-state index >= 15 is 0 Å². The number of ether oxygens (including phenoxy) is 1. The maximum atomic E-state index is 5.53. The molecule has 2 rings (SSSR count). The average molecular weight is 290 g/mol. The van der Waals surface area contributed by atoms with Crippen molar-refractivity contribution < 1.29 is 4.74 Å². The minimum absolute atomic E-state index is 0.111. The summed E-state index contributed by atoms with van der Waals surface area (Å²) in [5.41, 5.74) is 4.23. The second kappa shape index (κ2) is 6.91. The molecule has 0 aromatic heterocycles. The third-order valence-corrected chi connectivity index (χ3v) is 5.22. The van der Waals surface area contributed by atoms with Crippen LogP contribution in [0.25, 0.3) is 0 Å². The van der Waals surface area contributed by atoms with Gasteiger partial charge in [-0.05, 0) is 50.9 Å². The molecule has 1 saturated heterocycles. The van der Waals surface area contributed by atoms with Gasteiger partial charge in [0.25, 0.3) is 0 Å². The fraction of sp³-hybridized carbons (Fsp3) is 0.667. The molecule has 118 valence electrons. The molecule has 1 heterocycles. The molecule has 21 heavy (non-hydrogen) atoms. The average Bonchev–Trinajstić information content (AvgIpc) is 2.52. The van der Waals surface area contributed by atoms with E-state index in [2.05, 4.69) is 63.2 Å². The van der Waals surface area contributed by atoms with Crippen molar-refractivity contribution in [3.8, 4) is 0 Å². The maximum absolute atomic E-state index is 5.53. The van der Waals surface area contributed by atoms with Gasteiger partial charge in [0, 0.05) is 18.6 Å². The van der Waals surface area contributed by atoms with E-state index in [0.717, 1.165) is 32.7 Å². The van der Waals surface area contributed by atoms with Crippen molar-refractivity contribution in [3.63, 3.8) is 0 Å². The van der Waals surface area contributed by atoms with Crippen LogP contribution >= 0.6 is 0 Å².